The fourth-order valence-electron chi connectivity index (χ4n) is 1.38. The maximum absolute atomic E-state index is 8.89. The zero-order chi connectivity index (χ0) is 9.80. The van der Waals surface area contributed by atoms with Crippen LogP contribution in [0, 0.1) is 0 Å². The smallest absolute Gasteiger partial charge is 0.0696 e. The molecule has 3 nitrogen and oxygen atoms in total. The molecule has 1 N–H and O–H groups in total. The molecule has 14 heavy (non-hydrogen) atoms. The second-order valence-corrected chi connectivity index (χ2v) is 3.21. The van der Waals surface area contributed by atoms with Gasteiger partial charge in [-0.1, -0.05) is 6.07 Å². The molecule has 2 aromatic rings. The topological polar surface area (TPSA) is 38.0 Å². The highest BCUT2D eigenvalue weighted by Gasteiger charge is 1.96. The van der Waals surface area contributed by atoms with Gasteiger partial charge in [0.15, 0.2) is 0 Å². The number of hydrogen-bond acceptors (Lipinski definition) is 2. The molecule has 2 heterocycles. The molecule has 0 aliphatic rings. The minimum atomic E-state index is 0.0973. The van der Waals surface area contributed by atoms with E-state index in [2.05, 4.69) is 4.98 Å². The van der Waals surface area contributed by atoms with Crippen molar-refractivity contribution in [2.24, 2.45) is 0 Å². The van der Waals surface area contributed by atoms with Crippen molar-refractivity contribution in [1.29, 1.82) is 0 Å². The zero-order valence-electron chi connectivity index (χ0n) is 7.80. The summed E-state index contributed by atoms with van der Waals surface area (Å²) in [4.78, 5) is 4.05. The van der Waals surface area contributed by atoms with E-state index in [4.69, 9.17) is 5.11 Å². The van der Waals surface area contributed by atoms with E-state index in [1.165, 1.54) is 0 Å². The lowest BCUT2D eigenvalue weighted by Gasteiger charge is -2.01. The van der Waals surface area contributed by atoms with Gasteiger partial charge in [0.05, 0.1) is 6.61 Å². The monoisotopic (exact) mass is 188 g/mol. The van der Waals surface area contributed by atoms with Gasteiger partial charge in [-0.3, -0.25) is 4.98 Å². The number of aliphatic hydroxyl groups is 1. The lowest BCUT2D eigenvalue weighted by molar-refractivity contribution is 0.282. The van der Waals surface area contributed by atoms with Crippen molar-refractivity contribution in [3.05, 3.63) is 54.1 Å². The summed E-state index contributed by atoms with van der Waals surface area (Å²) in [6.07, 6.45) is 7.50. The quantitative estimate of drug-likeness (QED) is 0.791. The molecule has 0 fully saturated rings. The van der Waals surface area contributed by atoms with E-state index in [9.17, 15) is 0 Å². The summed E-state index contributed by atoms with van der Waals surface area (Å²) in [6.45, 7) is 0.897. The van der Waals surface area contributed by atoms with Gasteiger partial charge in [0.1, 0.15) is 0 Å². The van der Waals surface area contributed by atoms with Crippen molar-refractivity contribution < 1.29 is 5.11 Å². The Morgan fingerprint density at radius 2 is 2.21 bits per heavy atom. The maximum Gasteiger partial charge on any atom is 0.0696 e. The van der Waals surface area contributed by atoms with Gasteiger partial charge in [0, 0.05) is 31.3 Å². The van der Waals surface area contributed by atoms with Crippen molar-refractivity contribution in [2.45, 2.75) is 13.2 Å². The molecule has 0 aromatic carbocycles. The molecule has 3 heteroatoms. The first kappa shape index (κ1) is 8.97. The molecule has 0 atom stereocenters. The second kappa shape index (κ2) is 4.07. The fraction of sp³-hybridized carbons (Fsp3) is 0.182. The Kier molecular flexibility index (Phi) is 2.60. The highest BCUT2D eigenvalue weighted by molar-refractivity contribution is 5.13. The zero-order valence-corrected chi connectivity index (χ0v) is 7.80. The van der Waals surface area contributed by atoms with E-state index >= 15 is 0 Å². The standard InChI is InChI=1S/C11H12N2O/c14-9-11-3-5-13(8-11)7-10-2-1-4-12-6-10/h1-6,8,14H,7,9H2. The van der Waals surface area contributed by atoms with Gasteiger partial charge in [-0.15, -0.1) is 0 Å². The predicted molar refractivity (Wildman–Crippen MR) is 53.7 cm³/mol. The van der Waals surface area contributed by atoms with Gasteiger partial charge in [0.25, 0.3) is 0 Å². The van der Waals surface area contributed by atoms with E-state index in [0.29, 0.717) is 0 Å². The van der Waals surface area contributed by atoms with Crippen LogP contribution in [0.1, 0.15) is 11.1 Å². The highest BCUT2D eigenvalue weighted by Crippen LogP contribution is 2.04. The predicted octanol–water partition coefficient (Wildman–Crippen LogP) is 1.42. The number of pyridine rings is 1. The molecule has 2 rings (SSSR count). The summed E-state index contributed by atoms with van der Waals surface area (Å²) in [5.41, 5.74) is 2.10. The van der Waals surface area contributed by atoms with Gasteiger partial charge in [0.2, 0.25) is 0 Å². The molecular formula is C11H12N2O. The summed E-state index contributed by atoms with van der Waals surface area (Å²) in [7, 11) is 0. The van der Waals surface area contributed by atoms with Crippen LogP contribution in [0.2, 0.25) is 0 Å². The summed E-state index contributed by atoms with van der Waals surface area (Å²) in [5, 5.41) is 8.89. The van der Waals surface area contributed by atoms with E-state index in [0.717, 1.165) is 17.7 Å². The number of aromatic nitrogens is 2. The number of hydrogen-bond donors (Lipinski definition) is 1. The summed E-state index contributed by atoms with van der Waals surface area (Å²) < 4.78 is 2.03. The maximum atomic E-state index is 8.89. The lowest BCUT2D eigenvalue weighted by atomic mass is 10.3. The van der Waals surface area contributed by atoms with Gasteiger partial charge in [-0.05, 0) is 23.3 Å². The van der Waals surface area contributed by atoms with Crippen molar-refractivity contribution in [2.75, 3.05) is 0 Å². The van der Waals surface area contributed by atoms with Crippen LogP contribution < -0.4 is 0 Å². The van der Waals surface area contributed by atoms with Gasteiger partial charge in [-0.2, -0.15) is 0 Å². The number of rotatable bonds is 3. The van der Waals surface area contributed by atoms with Crippen LogP contribution in [0.15, 0.2) is 43.0 Å². The average Bonchev–Trinajstić information content (AvgIpc) is 2.67. The van der Waals surface area contributed by atoms with E-state index in [-0.39, 0.29) is 6.61 Å². The second-order valence-electron chi connectivity index (χ2n) is 3.21. The molecular weight excluding hydrogens is 176 g/mol. The largest absolute Gasteiger partial charge is 0.392 e. The van der Waals surface area contributed by atoms with Crippen LogP contribution in [-0.4, -0.2) is 14.7 Å². The number of nitrogens with zero attached hydrogens (tertiary/aromatic N) is 2. The Labute approximate surface area is 82.7 Å². The molecule has 0 unspecified atom stereocenters. The third kappa shape index (κ3) is 2.00. The van der Waals surface area contributed by atoms with Crippen molar-refractivity contribution >= 4 is 0 Å². The molecule has 72 valence electrons. The van der Waals surface area contributed by atoms with E-state index in [1.807, 2.05) is 41.4 Å². The normalized spacial score (nSPS) is 10.4. The minimum Gasteiger partial charge on any atom is -0.392 e. The minimum absolute atomic E-state index is 0.0973. The van der Waals surface area contributed by atoms with Crippen LogP contribution in [0.3, 0.4) is 0 Å². The van der Waals surface area contributed by atoms with Crippen molar-refractivity contribution in [3.8, 4) is 0 Å². The summed E-state index contributed by atoms with van der Waals surface area (Å²) in [6, 6.07) is 5.87. The van der Waals surface area contributed by atoms with Gasteiger partial charge < -0.3 is 9.67 Å². The number of aliphatic hydroxyl groups excluding tert-OH is 1. The summed E-state index contributed by atoms with van der Waals surface area (Å²) in [5.74, 6) is 0. The van der Waals surface area contributed by atoms with E-state index < -0.39 is 0 Å². The van der Waals surface area contributed by atoms with Crippen LogP contribution >= 0.6 is 0 Å². The third-order valence-corrected chi connectivity index (χ3v) is 2.08. The third-order valence-electron chi connectivity index (χ3n) is 2.08. The van der Waals surface area contributed by atoms with Crippen LogP contribution in [0.4, 0.5) is 0 Å². The van der Waals surface area contributed by atoms with Gasteiger partial charge >= 0.3 is 0 Å². The first-order valence-electron chi connectivity index (χ1n) is 4.53. The molecule has 2 aromatic heterocycles. The molecule has 0 aliphatic carbocycles. The van der Waals surface area contributed by atoms with Gasteiger partial charge in [-0.25, -0.2) is 0 Å². The molecule has 0 saturated carbocycles. The first-order valence-corrected chi connectivity index (χ1v) is 4.53. The van der Waals surface area contributed by atoms with Crippen molar-refractivity contribution in [3.63, 3.8) is 0 Å². The Hall–Kier alpha value is -1.61. The Balaban J connectivity index is 2.11. The van der Waals surface area contributed by atoms with Crippen LogP contribution in [0.5, 0.6) is 0 Å². The Morgan fingerprint density at radius 1 is 1.29 bits per heavy atom. The molecule has 0 saturated heterocycles. The highest BCUT2D eigenvalue weighted by atomic mass is 16.3. The van der Waals surface area contributed by atoms with E-state index in [1.54, 1.807) is 6.20 Å². The molecule has 0 bridgehead atoms. The molecule has 0 spiro atoms. The first-order chi connectivity index (χ1) is 6.88. The average molecular weight is 188 g/mol. The molecule has 0 radical (unpaired) electrons. The van der Waals surface area contributed by atoms with Crippen LogP contribution in [0.25, 0.3) is 0 Å². The fourth-order valence-corrected chi connectivity index (χ4v) is 1.38. The SMILES string of the molecule is OCc1ccn(Cc2cccnc2)c1. The Morgan fingerprint density at radius 3 is 2.86 bits per heavy atom. The van der Waals surface area contributed by atoms with Crippen LogP contribution in [-0.2, 0) is 13.2 Å². The van der Waals surface area contributed by atoms with Crippen molar-refractivity contribution in [1.82, 2.24) is 9.55 Å². The molecule has 0 aliphatic heterocycles. The Bertz CT molecular complexity index is 395. The lowest BCUT2D eigenvalue weighted by Crippen LogP contribution is -1.96. The summed E-state index contributed by atoms with van der Waals surface area (Å²) >= 11 is 0. The molecule has 0 amide bonds.